The van der Waals surface area contributed by atoms with Gasteiger partial charge < -0.3 is 17.7 Å². The molecule has 0 aliphatic heterocycles. The maximum atomic E-state index is 6.54. The molecule has 0 radical (unpaired) electrons. The summed E-state index contributed by atoms with van der Waals surface area (Å²) in [6, 6.07) is 0. The monoisotopic (exact) mass is 629 g/mol. The molecule has 0 aliphatic carbocycles. The molecule has 0 heterocycles. The Morgan fingerprint density at radius 1 is 0.233 bits per heavy atom. The fraction of sp³-hybridized carbons (Fsp3) is 1.00. The predicted octanol–water partition coefficient (Wildman–Crippen LogP) is 13.3. The van der Waals surface area contributed by atoms with Crippen LogP contribution >= 0.6 is 0 Å². The van der Waals surface area contributed by atoms with E-state index in [0.717, 1.165) is 25.7 Å². The van der Waals surface area contributed by atoms with Crippen molar-refractivity contribution in [1.29, 1.82) is 0 Å². The average Bonchev–Trinajstić information content (AvgIpc) is 3.02. The summed E-state index contributed by atoms with van der Waals surface area (Å²) in [7, 11) is -3.13. The summed E-state index contributed by atoms with van der Waals surface area (Å²) in [4.78, 5) is 0. The Kier molecular flexibility index (Phi) is 36.6. The van der Waals surface area contributed by atoms with E-state index in [1.807, 2.05) is 0 Å². The zero-order valence-corrected chi connectivity index (χ0v) is 31.2. The maximum Gasteiger partial charge on any atom is 0.679 e. The summed E-state index contributed by atoms with van der Waals surface area (Å²) >= 11 is 0. The van der Waals surface area contributed by atoms with Gasteiger partial charge in [0.05, 0.1) is 0 Å². The largest absolute Gasteiger partial charge is 0.679 e. The Morgan fingerprint density at radius 3 is 0.581 bits per heavy atom. The van der Waals surface area contributed by atoms with Crippen LogP contribution in [0.3, 0.4) is 0 Å². The molecule has 0 amide bonds. The van der Waals surface area contributed by atoms with Gasteiger partial charge in [-0.3, -0.25) is 0 Å². The van der Waals surface area contributed by atoms with Crippen LogP contribution in [0.2, 0.25) is 0 Å². The van der Waals surface area contributed by atoms with Gasteiger partial charge in [0.25, 0.3) is 0 Å². The van der Waals surface area contributed by atoms with E-state index in [2.05, 4.69) is 27.7 Å². The van der Waals surface area contributed by atoms with Gasteiger partial charge in [0.15, 0.2) is 0 Å². The average molecular weight is 629 g/mol. The van der Waals surface area contributed by atoms with Crippen molar-refractivity contribution in [1.82, 2.24) is 0 Å². The van der Waals surface area contributed by atoms with Crippen molar-refractivity contribution < 1.29 is 17.7 Å². The van der Waals surface area contributed by atoms with Crippen LogP contribution in [0.5, 0.6) is 0 Å². The van der Waals surface area contributed by atoms with E-state index in [0.29, 0.717) is 26.4 Å². The quantitative estimate of drug-likeness (QED) is 0.0503. The molecule has 0 fully saturated rings. The fourth-order valence-electron chi connectivity index (χ4n) is 5.63. The molecule has 260 valence electrons. The first kappa shape index (κ1) is 43.1. The second-order valence-corrected chi connectivity index (χ2v) is 15.2. The molecule has 0 saturated carbocycles. The van der Waals surface area contributed by atoms with Crippen molar-refractivity contribution in [2.75, 3.05) is 26.4 Å². The molecular weight excluding hydrogens is 549 g/mol. The van der Waals surface area contributed by atoms with Gasteiger partial charge in [0.1, 0.15) is 0 Å². The summed E-state index contributed by atoms with van der Waals surface area (Å²) in [5.74, 6) is 0. The first-order chi connectivity index (χ1) is 21.2. The van der Waals surface area contributed by atoms with Crippen LogP contribution in [0.4, 0.5) is 0 Å². The number of rotatable bonds is 38. The third kappa shape index (κ3) is 31.8. The van der Waals surface area contributed by atoms with Gasteiger partial charge in [-0.05, 0) is 25.7 Å². The predicted molar refractivity (Wildman–Crippen MR) is 191 cm³/mol. The Bertz CT molecular complexity index is 460. The molecule has 0 spiro atoms. The minimum absolute atomic E-state index is 0.700. The molecule has 0 bridgehead atoms. The third-order valence-electron chi connectivity index (χ3n) is 8.61. The van der Waals surface area contributed by atoms with E-state index >= 15 is 0 Å². The topological polar surface area (TPSA) is 36.9 Å². The van der Waals surface area contributed by atoms with Gasteiger partial charge in [0.2, 0.25) is 0 Å². The van der Waals surface area contributed by atoms with Crippen molar-refractivity contribution in [2.45, 2.75) is 220 Å². The van der Waals surface area contributed by atoms with Crippen LogP contribution < -0.4 is 0 Å². The first-order valence-electron chi connectivity index (χ1n) is 19.8. The van der Waals surface area contributed by atoms with Crippen molar-refractivity contribution >= 4 is 9.05 Å². The molecule has 5 heteroatoms. The highest BCUT2D eigenvalue weighted by atomic mass is 28.4. The highest BCUT2D eigenvalue weighted by Gasteiger charge is 2.45. The lowest BCUT2D eigenvalue weighted by Crippen LogP contribution is -2.50. The van der Waals surface area contributed by atoms with E-state index in [-0.39, 0.29) is 0 Å². The number of hydrogen-bond donors (Lipinski definition) is 0. The van der Waals surface area contributed by atoms with Gasteiger partial charge in [-0.1, -0.05) is 195 Å². The molecule has 0 unspecified atom stereocenters. The molecular formula is C38H80O4Si. The lowest BCUT2D eigenvalue weighted by atomic mass is 10.1. The van der Waals surface area contributed by atoms with E-state index in [1.54, 1.807) is 0 Å². The molecule has 0 saturated heterocycles. The van der Waals surface area contributed by atoms with Crippen LogP contribution in [-0.2, 0) is 17.7 Å². The molecule has 0 rings (SSSR count). The van der Waals surface area contributed by atoms with Crippen molar-refractivity contribution in [3.8, 4) is 0 Å². The van der Waals surface area contributed by atoms with E-state index < -0.39 is 9.05 Å². The van der Waals surface area contributed by atoms with Gasteiger partial charge >= 0.3 is 9.05 Å². The smallest absolute Gasteiger partial charge is 0.351 e. The fourth-order valence-corrected chi connectivity index (χ4v) is 7.71. The van der Waals surface area contributed by atoms with E-state index in [9.17, 15) is 0 Å². The Labute approximate surface area is 273 Å². The standard InChI is InChI=1S/C38H80O4Si/c1-5-9-13-17-21-25-29-33-37-41-43(39-35-31-27-23-19-15-11-7-3,40-36-32-28-24-20-16-12-8-4)42-38-34-30-26-22-18-14-10-6-2/h5-38H2,1-4H3. The normalized spacial score (nSPS) is 12.0. The minimum atomic E-state index is -3.13. The Balaban J connectivity index is 4.82. The molecule has 43 heavy (non-hydrogen) atoms. The number of unbranched alkanes of at least 4 members (excludes halogenated alkanes) is 26. The molecule has 0 atom stereocenters. The molecule has 0 aliphatic rings. The highest BCUT2D eigenvalue weighted by molar-refractivity contribution is 6.53. The summed E-state index contributed by atoms with van der Waals surface area (Å²) in [6.45, 7) is 11.9. The molecule has 4 nitrogen and oxygen atoms in total. The van der Waals surface area contributed by atoms with Crippen LogP contribution in [-0.4, -0.2) is 35.5 Å². The summed E-state index contributed by atoms with van der Waals surface area (Å²) in [5.41, 5.74) is 0. The van der Waals surface area contributed by atoms with Crippen molar-refractivity contribution in [3.05, 3.63) is 0 Å². The first-order valence-corrected chi connectivity index (χ1v) is 21.4. The van der Waals surface area contributed by atoms with Crippen molar-refractivity contribution in [2.24, 2.45) is 0 Å². The summed E-state index contributed by atoms with van der Waals surface area (Å²) in [6.07, 6.45) is 38.7. The van der Waals surface area contributed by atoms with E-state index in [4.69, 9.17) is 17.7 Å². The summed E-state index contributed by atoms with van der Waals surface area (Å²) in [5, 5.41) is 0. The molecule has 0 aromatic heterocycles. The van der Waals surface area contributed by atoms with Gasteiger partial charge in [-0.2, -0.15) is 0 Å². The van der Waals surface area contributed by atoms with Gasteiger partial charge in [-0.15, -0.1) is 0 Å². The molecule has 0 aromatic rings. The second kappa shape index (κ2) is 36.5. The van der Waals surface area contributed by atoms with Gasteiger partial charge in [0, 0.05) is 26.4 Å². The molecule has 0 N–H and O–H groups in total. The van der Waals surface area contributed by atoms with Crippen LogP contribution in [0, 0.1) is 0 Å². The lowest BCUT2D eigenvalue weighted by Gasteiger charge is -2.28. The molecule has 0 aromatic carbocycles. The van der Waals surface area contributed by atoms with Crippen LogP contribution in [0.15, 0.2) is 0 Å². The van der Waals surface area contributed by atoms with Crippen LogP contribution in [0.25, 0.3) is 0 Å². The lowest BCUT2D eigenvalue weighted by molar-refractivity contribution is -0.0375. The maximum absolute atomic E-state index is 6.54. The summed E-state index contributed by atoms with van der Waals surface area (Å²) < 4.78 is 26.1. The van der Waals surface area contributed by atoms with Crippen LogP contribution in [0.1, 0.15) is 220 Å². The minimum Gasteiger partial charge on any atom is -0.351 e. The third-order valence-corrected chi connectivity index (χ3v) is 10.8. The number of hydrogen-bond acceptors (Lipinski definition) is 4. The van der Waals surface area contributed by atoms with E-state index in [1.165, 1.54) is 167 Å². The van der Waals surface area contributed by atoms with Gasteiger partial charge in [-0.25, -0.2) is 0 Å². The SMILES string of the molecule is CCCCCCCCCCO[Si](OCCCCCCCCC)(OCCCCCCCCC)OCCCCCCCCCC. The van der Waals surface area contributed by atoms with Crippen molar-refractivity contribution in [3.63, 3.8) is 0 Å². The zero-order chi connectivity index (χ0) is 31.4. The Morgan fingerprint density at radius 2 is 0.395 bits per heavy atom. The second-order valence-electron chi connectivity index (χ2n) is 13.1. The highest BCUT2D eigenvalue weighted by Crippen LogP contribution is 2.19. The Hall–Kier alpha value is 0.0569. The zero-order valence-electron chi connectivity index (χ0n) is 30.2.